The first-order valence-corrected chi connectivity index (χ1v) is 12.6. The van der Waals surface area contributed by atoms with Gasteiger partial charge in [0.05, 0.1) is 0 Å². The van der Waals surface area contributed by atoms with E-state index in [4.69, 9.17) is 21.1 Å². The Morgan fingerprint density at radius 1 is 0.848 bits per heavy atom. The van der Waals surface area contributed by atoms with Gasteiger partial charge in [0.1, 0.15) is 0 Å². The number of aryl methyl sites for hydroxylation is 2. The molecule has 0 N–H and O–H groups in total. The van der Waals surface area contributed by atoms with Gasteiger partial charge in [0.15, 0.2) is 11.5 Å². The Bertz CT molecular complexity index is 1120. The van der Waals surface area contributed by atoms with Crippen molar-refractivity contribution < 1.29 is 9.47 Å². The number of nitrogens with zero attached hydrogens (tertiary/aromatic N) is 3. The number of halogens is 1. The number of piperazine rings is 1. The molecule has 2 aliphatic heterocycles. The van der Waals surface area contributed by atoms with Crippen LogP contribution in [0.15, 0.2) is 36.4 Å². The molecule has 0 atom stereocenters. The number of benzene rings is 2. The van der Waals surface area contributed by atoms with Crippen LogP contribution in [0.2, 0.25) is 0 Å². The molecule has 2 aromatic carbocycles. The van der Waals surface area contributed by atoms with Gasteiger partial charge in [0.25, 0.3) is 0 Å². The van der Waals surface area contributed by atoms with Crippen molar-refractivity contribution >= 4 is 22.5 Å². The van der Waals surface area contributed by atoms with E-state index in [1.54, 1.807) is 0 Å². The lowest BCUT2D eigenvalue weighted by Crippen LogP contribution is -2.46. The molecule has 0 radical (unpaired) electrons. The molecular formula is C27H34ClN3O2. The Labute approximate surface area is 201 Å². The van der Waals surface area contributed by atoms with Crippen molar-refractivity contribution in [1.29, 1.82) is 0 Å². The van der Waals surface area contributed by atoms with Crippen LogP contribution < -0.4 is 9.47 Å². The van der Waals surface area contributed by atoms with Crippen LogP contribution in [-0.4, -0.2) is 59.8 Å². The predicted molar refractivity (Wildman–Crippen MR) is 135 cm³/mol. The second-order valence-corrected chi connectivity index (χ2v) is 9.69. The van der Waals surface area contributed by atoms with Crippen LogP contribution in [0.5, 0.6) is 11.5 Å². The first-order valence-electron chi connectivity index (χ1n) is 12.1. The summed E-state index contributed by atoms with van der Waals surface area (Å²) in [4.78, 5) is 5.17. The molecule has 0 amide bonds. The summed E-state index contributed by atoms with van der Waals surface area (Å²) in [5.74, 6) is 2.45. The fraction of sp³-hybridized carbons (Fsp3) is 0.481. The minimum atomic E-state index is 0.340. The Kier molecular flexibility index (Phi) is 6.81. The molecule has 3 aromatic rings. The maximum atomic E-state index is 5.94. The predicted octanol–water partition coefficient (Wildman–Crippen LogP) is 4.98. The van der Waals surface area contributed by atoms with Gasteiger partial charge in [-0.05, 0) is 67.6 Å². The van der Waals surface area contributed by atoms with Gasteiger partial charge < -0.3 is 18.9 Å². The fourth-order valence-electron chi connectivity index (χ4n) is 5.11. The molecule has 5 nitrogen and oxygen atoms in total. The van der Waals surface area contributed by atoms with E-state index in [-0.39, 0.29) is 0 Å². The number of fused-ring (bicyclic) bond motifs is 2. The van der Waals surface area contributed by atoms with Crippen molar-refractivity contribution in [2.24, 2.45) is 0 Å². The molecule has 1 saturated heterocycles. The Balaban J connectivity index is 1.15. The second-order valence-electron chi connectivity index (χ2n) is 9.31. The van der Waals surface area contributed by atoms with Crippen molar-refractivity contribution in [2.45, 2.75) is 39.8 Å². The van der Waals surface area contributed by atoms with E-state index in [0.717, 1.165) is 70.2 Å². The largest absolute Gasteiger partial charge is 0.454 e. The summed E-state index contributed by atoms with van der Waals surface area (Å²) in [6.07, 6.45) is 2.05. The van der Waals surface area contributed by atoms with Gasteiger partial charge >= 0.3 is 0 Å². The van der Waals surface area contributed by atoms with Gasteiger partial charge in [-0.1, -0.05) is 12.1 Å². The van der Waals surface area contributed by atoms with Crippen LogP contribution in [0.4, 0.5) is 0 Å². The quantitative estimate of drug-likeness (QED) is 0.437. The average Bonchev–Trinajstić information content (AvgIpc) is 3.40. The Morgan fingerprint density at radius 3 is 2.42 bits per heavy atom. The van der Waals surface area contributed by atoms with E-state index < -0.39 is 0 Å². The molecule has 0 spiro atoms. The summed E-state index contributed by atoms with van der Waals surface area (Å²) in [7, 11) is 0. The minimum Gasteiger partial charge on any atom is -0.454 e. The lowest BCUT2D eigenvalue weighted by Gasteiger charge is -2.34. The zero-order chi connectivity index (χ0) is 22.8. The number of ether oxygens (including phenoxy) is 2. The Hall–Kier alpha value is -2.21. The summed E-state index contributed by atoms with van der Waals surface area (Å²) in [5, 5.41) is 1.39. The summed E-state index contributed by atoms with van der Waals surface area (Å²) >= 11 is 5.94. The maximum Gasteiger partial charge on any atom is 0.231 e. The van der Waals surface area contributed by atoms with Crippen LogP contribution in [0.1, 0.15) is 28.8 Å². The first kappa shape index (κ1) is 22.6. The molecule has 0 saturated carbocycles. The lowest BCUT2D eigenvalue weighted by molar-refractivity contribution is 0.128. The van der Waals surface area contributed by atoms with E-state index in [2.05, 4.69) is 58.5 Å². The monoisotopic (exact) mass is 467 g/mol. The van der Waals surface area contributed by atoms with Crippen LogP contribution in [0.3, 0.4) is 0 Å². The smallest absolute Gasteiger partial charge is 0.231 e. The summed E-state index contributed by atoms with van der Waals surface area (Å²) in [6.45, 7) is 12.4. The van der Waals surface area contributed by atoms with Gasteiger partial charge in [0, 0.05) is 68.3 Å². The highest BCUT2D eigenvalue weighted by Crippen LogP contribution is 2.32. The van der Waals surface area contributed by atoms with E-state index in [0.29, 0.717) is 12.7 Å². The molecule has 6 heteroatoms. The summed E-state index contributed by atoms with van der Waals surface area (Å²) in [5.41, 5.74) is 6.83. The van der Waals surface area contributed by atoms with Gasteiger partial charge in [-0.3, -0.25) is 4.90 Å². The van der Waals surface area contributed by atoms with E-state index in [1.807, 2.05) is 6.07 Å². The minimum absolute atomic E-state index is 0.340. The molecule has 1 fully saturated rings. The molecule has 5 rings (SSSR count). The summed E-state index contributed by atoms with van der Waals surface area (Å²) in [6, 6.07) is 13.3. The van der Waals surface area contributed by atoms with Crippen LogP contribution >= 0.6 is 11.6 Å². The molecule has 33 heavy (non-hydrogen) atoms. The zero-order valence-electron chi connectivity index (χ0n) is 19.8. The molecule has 176 valence electrons. The van der Waals surface area contributed by atoms with E-state index in [9.17, 15) is 0 Å². The highest BCUT2D eigenvalue weighted by Gasteiger charge is 2.19. The van der Waals surface area contributed by atoms with Gasteiger partial charge in [-0.2, -0.15) is 0 Å². The topological polar surface area (TPSA) is 29.9 Å². The average molecular weight is 468 g/mol. The number of hydrogen-bond donors (Lipinski definition) is 0. The number of aromatic nitrogens is 1. The van der Waals surface area contributed by atoms with Crippen molar-refractivity contribution in [3.8, 4) is 11.5 Å². The highest BCUT2D eigenvalue weighted by molar-refractivity contribution is 6.17. The van der Waals surface area contributed by atoms with Crippen molar-refractivity contribution in [1.82, 2.24) is 14.4 Å². The third-order valence-corrected chi connectivity index (χ3v) is 7.51. The van der Waals surface area contributed by atoms with Crippen molar-refractivity contribution in [2.75, 3.05) is 45.4 Å². The summed E-state index contributed by atoms with van der Waals surface area (Å²) < 4.78 is 13.4. The van der Waals surface area contributed by atoms with Gasteiger partial charge in [-0.15, -0.1) is 11.6 Å². The molecule has 2 aliphatic rings. The fourth-order valence-corrected chi connectivity index (χ4v) is 5.23. The molecule has 0 unspecified atom stereocenters. The van der Waals surface area contributed by atoms with Crippen molar-refractivity contribution in [3.63, 3.8) is 0 Å². The van der Waals surface area contributed by atoms with Crippen molar-refractivity contribution in [3.05, 3.63) is 58.8 Å². The SMILES string of the molecule is Cc1c(C)n(CCCCl)c2ccc(CN3CCN(CCc4ccc5c(c4)OCO5)CC3)cc12. The van der Waals surface area contributed by atoms with Crippen LogP contribution in [0.25, 0.3) is 10.9 Å². The highest BCUT2D eigenvalue weighted by atomic mass is 35.5. The molecule has 0 bridgehead atoms. The Morgan fingerprint density at radius 2 is 1.61 bits per heavy atom. The maximum absolute atomic E-state index is 5.94. The molecule has 0 aliphatic carbocycles. The number of alkyl halides is 1. The van der Waals surface area contributed by atoms with E-state index >= 15 is 0 Å². The van der Waals surface area contributed by atoms with Crippen LogP contribution in [-0.2, 0) is 19.5 Å². The van der Waals surface area contributed by atoms with Gasteiger partial charge in [0.2, 0.25) is 6.79 Å². The molecular weight excluding hydrogens is 434 g/mol. The van der Waals surface area contributed by atoms with Crippen LogP contribution in [0, 0.1) is 13.8 Å². The lowest BCUT2D eigenvalue weighted by atomic mass is 10.1. The molecule has 3 heterocycles. The normalized spacial score (nSPS) is 16.7. The third-order valence-electron chi connectivity index (χ3n) is 7.24. The van der Waals surface area contributed by atoms with E-state index in [1.165, 1.54) is 33.3 Å². The first-order chi connectivity index (χ1) is 16.1. The third kappa shape index (κ3) is 4.86. The standard InChI is InChI=1S/C27H34ClN3O2/c1-20-21(2)31(10-3-9-28)25-6-4-23(16-24(20)25)18-30-14-12-29(13-15-30)11-8-22-5-7-26-27(17-22)33-19-32-26/h4-7,16-17H,3,8-15,18-19H2,1-2H3. The number of rotatable bonds is 8. The van der Waals surface area contributed by atoms with Gasteiger partial charge in [-0.25, -0.2) is 0 Å². The second kappa shape index (κ2) is 9.96. The molecule has 1 aromatic heterocycles. The zero-order valence-corrected chi connectivity index (χ0v) is 20.5. The number of hydrogen-bond acceptors (Lipinski definition) is 4.